The van der Waals surface area contributed by atoms with E-state index in [9.17, 15) is 43.8 Å². The molecule has 1 fully saturated rings. The van der Waals surface area contributed by atoms with Gasteiger partial charge in [-0.15, -0.1) is 0 Å². The lowest BCUT2D eigenvalue weighted by Gasteiger charge is -2.27. The van der Waals surface area contributed by atoms with E-state index in [-0.39, 0.29) is 12.3 Å². The van der Waals surface area contributed by atoms with E-state index in [1.807, 2.05) is 0 Å². The number of aliphatic hydroxyl groups excluding tert-OH is 1. The summed E-state index contributed by atoms with van der Waals surface area (Å²) in [4.78, 5) is 87.3. The van der Waals surface area contributed by atoms with Gasteiger partial charge in [0.15, 0.2) is 0 Å². The highest BCUT2D eigenvalue weighted by atomic mass is 16.4. The maximum atomic E-state index is 13.0. The van der Waals surface area contributed by atoms with Crippen LogP contribution in [0, 0.1) is 5.92 Å². The van der Waals surface area contributed by atoms with Crippen LogP contribution < -0.4 is 43.0 Å². The van der Waals surface area contributed by atoms with Crippen molar-refractivity contribution < 1.29 is 43.8 Å². The molecule has 1 aliphatic rings. The van der Waals surface area contributed by atoms with Crippen LogP contribution in [0.15, 0.2) is 0 Å². The second-order valence-electron chi connectivity index (χ2n) is 11.5. The number of carbonyl (C=O) groups is 7. The van der Waals surface area contributed by atoms with Crippen LogP contribution in [0.3, 0.4) is 0 Å². The van der Waals surface area contributed by atoms with E-state index in [1.165, 1.54) is 20.8 Å². The minimum Gasteiger partial charge on any atom is -0.480 e. The first-order valence-electron chi connectivity index (χ1n) is 15.2. The highest BCUT2D eigenvalue weighted by molar-refractivity contribution is 5.96. The van der Waals surface area contributed by atoms with Gasteiger partial charge in [-0.1, -0.05) is 13.8 Å². The molecule has 1 saturated heterocycles. The van der Waals surface area contributed by atoms with Crippen molar-refractivity contribution in [3.8, 4) is 0 Å². The van der Waals surface area contributed by atoms with Gasteiger partial charge in [-0.2, -0.15) is 0 Å². The molecule has 0 aromatic rings. The zero-order valence-electron chi connectivity index (χ0n) is 26.6. The monoisotopic (exact) mass is 642 g/mol. The molecule has 0 radical (unpaired) electrons. The van der Waals surface area contributed by atoms with Crippen molar-refractivity contribution >= 4 is 41.4 Å². The first-order chi connectivity index (χ1) is 21.1. The summed E-state index contributed by atoms with van der Waals surface area (Å²) in [6, 6.07) is -6.45. The Bertz CT molecular complexity index is 1050. The normalized spacial score (nSPS) is 18.4. The molecule has 0 aromatic heterocycles. The van der Waals surface area contributed by atoms with Crippen molar-refractivity contribution in [3.05, 3.63) is 0 Å². The maximum absolute atomic E-state index is 13.0. The lowest BCUT2D eigenvalue weighted by molar-refractivity contribution is -0.142. The maximum Gasteiger partial charge on any atom is 0.326 e. The minimum absolute atomic E-state index is 0.168. The van der Waals surface area contributed by atoms with Crippen LogP contribution in [0.5, 0.6) is 0 Å². The number of nitrogens with one attached hydrogen (secondary N) is 7. The summed E-state index contributed by atoms with van der Waals surface area (Å²) in [6.07, 6.45) is 1.38. The summed E-state index contributed by atoms with van der Waals surface area (Å²) in [5.41, 5.74) is 5.43. The Hall–Kier alpha value is -3.83. The van der Waals surface area contributed by atoms with E-state index in [1.54, 1.807) is 13.8 Å². The predicted molar refractivity (Wildman–Crippen MR) is 162 cm³/mol. The van der Waals surface area contributed by atoms with Gasteiger partial charge in [-0.25, -0.2) is 4.79 Å². The van der Waals surface area contributed by atoms with Crippen molar-refractivity contribution in [2.24, 2.45) is 11.7 Å². The van der Waals surface area contributed by atoms with Gasteiger partial charge in [0.1, 0.15) is 30.2 Å². The molecule has 7 atom stereocenters. The van der Waals surface area contributed by atoms with Gasteiger partial charge in [0, 0.05) is 0 Å². The number of rotatable bonds is 19. The van der Waals surface area contributed by atoms with Crippen LogP contribution >= 0.6 is 0 Å². The van der Waals surface area contributed by atoms with E-state index >= 15 is 0 Å². The van der Waals surface area contributed by atoms with Gasteiger partial charge < -0.3 is 53.2 Å². The molecule has 256 valence electrons. The van der Waals surface area contributed by atoms with E-state index in [0.29, 0.717) is 32.4 Å². The molecule has 1 heterocycles. The number of hydrogen-bond acceptors (Lipinski definition) is 10. The molecule has 11 N–H and O–H groups in total. The second-order valence-corrected chi connectivity index (χ2v) is 11.5. The Kier molecular flexibility index (Phi) is 17.0. The number of unbranched alkanes of at least 4 members (excludes halogenated alkanes) is 1. The van der Waals surface area contributed by atoms with E-state index in [2.05, 4.69) is 37.2 Å². The number of carboxylic acids is 1. The van der Waals surface area contributed by atoms with Crippen LogP contribution in [-0.2, 0) is 33.6 Å². The standard InChI is InChI=1S/C28H50N8O9/c1-14(2)21(26(42)32-15(3)23(39)34-19(28(44)45)9-6-7-11-29)36-24(40)16(4)33-27(43)22(17(5)37)35-20(38)13-31-25(41)18-10-8-12-30-18/h14-19,21-22,30,37H,6-13,29H2,1-5H3,(H,31,41)(H,32,42)(H,33,43)(H,34,39)(H,35,38)(H,36,40)(H,44,45)/t15-,16-,17+,18-,19-,21-,22-/m0/s1. The van der Waals surface area contributed by atoms with Gasteiger partial charge >= 0.3 is 5.97 Å². The fraction of sp³-hybridized carbons (Fsp3) is 0.750. The van der Waals surface area contributed by atoms with E-state index in [4.69, 9.17) is 5.73 Å². The molecule has 0 unspecified atom stereocenters. The molecule has 17 heteroatoms. The largest absolute Gasteiger partial charge is 0.480 e. The average Bonchev–Trinajstić information content (AvgIpc) is 3.51. The number of aliphatic hydroxyl groups is 1. The molecular formula is C28H50N8O9. The second kappa shape index (κ2) is 19.5. The zero-order valence-corrected chi connectivity index (χ0v) is 26.6. The van der Waals surface area contributed by atoms with Crippen LogP contribution in [0.4, 0.5) is 0 Å². The molecule has 45 heavy (non-hydrogen) atoms. The highest BCUT2D eigenvalue weighted by Crippen LogP contribution is 2.06. The lowest BCUT2D eigenvalue weighted by atomic mass is 10.0. The quantitative estimate of drug-likeness (QED) is 0.0619. The third-order valence-electron chi connectivity index (χ3n) is 7.19. The third-order valence-corrected chi connectivity index (χ3v) is 7.19. The Morgan fingerprint density at radius 3 is 1.87 bits per heavy atom. The van der Waals surface area contributed by atoms with E-state index in [0.717, 1.165) is 6.42 Å². The molecule has 0 saturated carbocycles. The molecule has 0 bridgehead atoms. The smallest absolute Gasteiger partial charge is 0.326 e. The van der Waals surface area contributed by atoms with Gasteiger partial charge in [-0.3, -0.25) is 28.8 Å². The Labute approximate surface area is 262 Å². The van der Waals surface area contributed by atoms with Gasteiger partial charge in [0.05, 0.1) is 18.7 Å². The summed E-state index contributed by atoms with van der Waals surface area (Å²) < 4.78 is 0. The predicted octanol–water partition coefficient (Wildman–Crippen LogP) is -3.43. The number of carboxylic acid groups (broad SMARTS) is 1. The van der Waals surface area contributed by atoms with Crippen molar-refractivity contribution in [3.63, 3.8) is 0 Å². The Morgan fingerprint density at radius 1 is 0.800 bits per heavy atom. The fourth-order valence-corrected chi connectivity index (χ4v) is 4.43. The molecule has 0 spiro atoms. The third kappa shape index (κ3) is 13.8. The van der Waals surface area contributed by atoms with Crippen LogP contribution in [-0.4, -0.2) is 114 Å². The Balaban J connectivity index is 2.71. The van der Waals surface area contributed by atoms with Crippen molar-refractivity contribution in [1.82, 2.24) is 37.2 Å². The van der Waals surface area contributed by atoms with Crippen LogP contribution in [0.2, 0.25) is 0 Å². The minimum atomic E-state index is -1.44. The van der Waals surface area contributed by atoms with E-state index < -0.39 is 90.3 Å². The number of aliphatic carboxylic acids is 1. The highest BCUT2D eigenvalue weighted by Gasteiger charge is 2.32. The molecule has 1 aliphatic heterocycles. The first-order valence-corrected chi connectivity index (χ1v) is 15.2. The molecular weight excluding hydrogens is 592 g/mol. The molecule has 0 aromatic carbocycles. The summed E-state index contributed by atoms with van der Waals surface area (Å²) in [5, 5.41) is 37.1. The summed E-state index contributed by atoms with van der Waals surface area (Å²) in [6.45, 7) is 7.94. The number of hydrogen-bond donors (Lipinski definition) is 10. The Morgan fingerprint density at radius 2 is 1.38 bits per heavy atom. The SMILES string of the molecule is CC(C)[C@H](NC(=O)[C@H](C)NC(=O)[C@@H](NC(=O)CNC(=O)[C@@H]1CCCN1)[C@@H](C)O)C(=O)N[C@@H](C)C(=O)N[C@@H](CCCCN)C(=O)O. The number of nitrogens with two attached hydrogens (primary N) is 1. The molecule has 6 amide bonds. The van der Waals surface area contributed by atoms with Crippen LogP contribution in [0.25, 0.3) is 0 Å². The van der Waals surface area contributed by atoms with Crippen molar-refractivity contribution in [2.45, 2.75) is 109 Å². The molecule has 17 nitrogen and oxygen atoms in total. The lowest BCUT2D eigenvalue weighted by Crippen LogP contribution is -2.60. The molecule has 0 aliphatic carbocycles. The molecule has 1 rings (SSSR count). The van der Waals surface area contributed by atoms with Gasteiger partial charge in [0.25, 0.3) is 0 Å². The average molecular weight is 643 g/mol. The summed E-state index contributed by atoms with van der Waals surface area (Å²) in [7, 11) is 0. The summed E-state index contributed by atoms with van der Waals surface area (Å²) >= 11 is 0. The summed E-state index contributed by atoms with van der Waals surface area (Å²) in [5.74, 6) is -5.81. The van der Waals surface area contributed by atoms with Crippen molar-refractivity contribution in [2.75, 3.05) is 19.6 Å². The fourth-order valence-electron chi connectivity index (χ4n) is 4.43. The number of amides is 6. The number of carbonyl (C=O) groups excluding carboxylic acids is 6. The van der Waals surface area contributed by atoms with Crippen molar-refractivity contribution in [1.29, 1.82) is 0 Å². The van der Waals surface area contributed by atoms with Crippen LogP contribution in [0.1, 0.15) is 66.7 Å². The first kappa shape index (κ1) is 39.2. The van der Waals surface area contributed by atoms with Gasteiger partial charge in [-0.05, 0) is 71.9 Å². The topological polar surface area (TPSA) is 270 Å². The van der Waals surface area contributed by atoms with Gasteiger partial charge in [0.2, 0.25) is 35.4 Å². The zero-order chi connectivity index (χ0) is 34.3.